The Labute approximate surface area is 231 Å². The predicted molar refractivity (Wildman–Crippen MR) is 151 cm³/mol. The normalized spacial score (nSPS) is 37.4. The minimum absolute atomic E-state index is 0.145. The molecule has 0 aliphatic carbocycles. The van der Waals surface area contributed by atoms with Crippen molar-refractivity contribution in [3.05, 3.63) is 29.8 Å². The molecule has 3 aliphatic rings. The maximum Gasteiger partial charge on any atom is 0.174 e. The second-order valence-electron chi connectivity index (χ2n) is 12.6. The zero-order valence-corrected chi connectivity index (χ0v) is 25.1. The van der Waals surface area contributed by atoms with Gasteiger partial charge in [-0.2, -0.15) is 5.06 Å². The molecule has 4 rings (SSSR count). The standard InChI is InChI=1S/C32H53NO5/c1-8-12-18-31(11-4)23-36-32(37-24-31)22-29(6,9-2)33(30(7,10-3)25(32)5)38-19-17-26-13-15-27(16-14-26)34-20-28-21-35-28/h13-16,25,28H,8-12,17-24H2,1-7H3. The molecule has 1 spiro atoms. The number of ether oxygens (including phenoxy) is 4. The fourth-order valence-corrected chi connectivity index (χ4v) is 6.47. The molecule has 4 unspecified atom stereocenters. The average Bonchev–Trinajstić information content (AvgIpc) is 3.78. The van der Waals surface area contributed by atoms with Crippen LogP contribution in [-0.4, -0.2) is 61.1 Å². The summed E-state index contributed by atoms with van der Waals surface area (Å²) in [6.45, 7) is 19.7. The van der Waals surface area contributed by atoms with Gasteiger partial charge in [-0.25, -0.2) is 0 Å². The Hall–Kier alpha value is -1.18. The third-order valence-corrected chi connectivity index (χ3v) is 10.1. The van der Waals surface area contributed by atoms with Gasteiger partial charge in [-0.15, -0.1) is 0 Å². The van der Waals surface area contributed by atoms with E-state index in [1.54, 1.807) is 0 Å². The summed E-state index contributed by atoms with van der Waals surface area (Å²) in [6, 6.07) is 8.37. The number of rotatable bonds is 13. The van der Waals surface area contributed by atoms with E-state index in [0.29, 0.717) is 13.2 Å². The Balaban J connectivity index is 1.42. The van der Waals surface area contributed by atoms with Crippen LogP contribution in [0.4, 0.5) is 0 Å². The summed E-state index contributed by atoms with van der Waals surface area (Å²) in [6.07, 6.45) is 8.60. The number of piperidine rings is 1. The van der Waals surface area contributed by atoms with Crippen molar-refractivity contribution < 1.29 is 23.8 Å². The molecule has 6 nitrogen and oxygen atoms in total. The van der Waals surface area contributed by atoms with Crippen LogP contribution in [0.15, 0.2) is 24.3 Å². The number of unbranched alkanes of at least 4 members (excludes halogenated alkanes) is 1. The number of hydrogen-bond acceptors (Lipinski definition) is 6. The van der Waals surface area contributed by atoms with Gasteiger partial charge in [0.05, 0.1) is 32.0 Å². The fraction of sp³-hybridized carbons (Fsp3) is 0.812. The van der Waals surface area contributed by atoms with Crippen molar-refractivity contribution in [1.29, 1.82) is 0 Å². The van der Waals surface area contributed by atoms with E-state index in [9.17, 15) is 0 Å². The fourth-order valence-electron chi connectivity index (χ4n) is 6.47. The van der Waals surface area contributed by atoms with Crippen LogP contribution >= 0.6 is 0 Å². The summed E-state index contributed by atoms with van der Waals surface area (Å²) in [5, 5.41) is 2.33. The first-order valence-electron chi connectivity index (χ1n) is 15.2. The summed E-state index contributed by atoms with van der Waals surface area (Å²) in [4.78, 5) is 6.71. The lowest BCUT2D eigenvalue weighted by atomic mass is 9.66. The number of hydrogen-bond donors (Lipinski definition) is 0. The van der Waals surface area contributed by atoms with Gasteiger partial charge in [-0.1, -0.05) is 59.6 Å². The maximum atomic E-state index is 6.86. The second kappa shape index (κ2) is 12.1. The highest BCUT2D eigenvalue weighted by molar-refractivity contribution is 5.27. The summed E-state index contributed by atoms with van der Waals surface area (Å²) >= 11 is 0. The minimum Gasteiger partial charge on any atom is -0.491 e. The van der Waals surface area contributed by atoms with Crippen molar-refractivity contribution >= 4 is 0 Å². The van der Waals surface area contributed by atoms with Gasteiger partial charge in [0.15, 0.2) is 5.79 Å². The summed E-state index contributed by atoms with van der Waals surface area (Å²) < 4.78 is 24.7. The van der Waals surface area contributed by atoms with Crippen molar-refractivity contribution in [3.8, 4) is 5.75 Å². The topological polar surface area (TPSA) is 52.7 Å². The van der Waals surface area contributed by atoms with Gasteiger partial charge >= 0.3 is 0 Å². The highest BCUT2D eigenvalue weighted by Gasteiger charge is 2.63. The Bertz CT molecular complexity index is 878. The van der Waals surface area contributed by atoms with Gasteiger partial charge in [0.2, 0.25) is 0 Å². The van der Waals surface area contributed by atoms with E-state index in [1.165, 1.54) is 24.8 Å². The first kappa shape index (κ1) is 29.8. The smallest absolute Gasteiger partial charge is 0.174 e. The van der Waals surface area contributed by atoms with Gasteiger partial charge in [0.1, 0.15) is 18.5 Å². The third-order valence-electron chi connectivity index (χ3n) is 10.1. The molecular formula is C32H53NO5. The Kier molecular flexibility index (Phi) is 9.52. The minimum atomic E-state index is -0.568. The van der Waals surface area contributed by atoms with Crippen molar-refractivity contribution in [3.63, 3.8) is 0 Å². The Morgan fingerprint density at radius 2 is 1.66 bits per heavy atom. The van der Waals surface area contributed by atoms with Crippen LogP contribution < -0.4 is 4.74 Å². The molecule has 216 valence electrons. The van der Waals surface area contributed by atoms with Crippen LogP contribution in [0.1, 0.15) is 99.0 Å². The molecule has 0 N–H and O–H groups in total. The van der Waals surface area contributed by atoms with E-state index in [-0.39, 0.29) is 28.5 Å². The first-order valence-corrected chi connectivity index (χ1v) is 15.2. The van der Waals surface area contributed by atoms with E-state index in [4.69, 9.17) is 23.8 Å². The zero-order chi connectivity index (χ0) is 27.4. The van der Waals surface area contributed by atoms with E-state index in [0.717, 1.165) is 57.7 Å². The second-order valence-corrected chi connectivity index (χ2v) is 12.6. The largest absolute Gasteiger partial charge is 0.491 e. The number of benzene rings is 1. The molecule has 3 aliphatic heterocycles. The number of hydroxylamine groups is 2. The summed E-state index contributed by atoms with van der Waals surface area (Å²) in [7, 11) is 0. The molecule has 1 aromatic carbocycles. The van der Waals surface area contributed by atoms with Gasteiger partial charge < -0.3 is 18.9 Å². The van der Waals surface area contributed by atoms with Crippen LogP contribution in [0.25, 0.3) is 0 Å². The molecular weight excluding hydrogens is 478 g/mol. The molecule has 0 bridgehead atoms. The maximum absolute atomic E-state index is 6.86. The predicted octanol–water partition coefficient (Wildman–Crippen LogP) is 6.95. The lowest BCUT2D eigenvalue weighted by Gasteiger charge is -2.64. The molecule has 3 fully saturated rings. The molecule has 1 aromatic rings. The van der Waals surface area contributed by atoms with Crippen molar-refractivity contribution in [2.75, 3.05) is 33.0 Å². The molecule has 4 atom stereocenters. The lowest BCUT2D eigenvalue weighted by molar-refractivity contribution is -0.410. The van der Waals surface area contributed by atoms with Crippen molar-refractivity contribution in [1.82, 2.24) is 5.06 Å². The summed E-state index contributed by atoms with van der Waals surface area (Å²) in [5.74, 6) is 0.501. The lowest BCUT2D eigenvalue weighted by Crippen LogP contribution is -2.73. The zero-order valence-electron chi connectivity index (χ0n) is 25.1. The van der Waals surface area contributed by atoms with Gasteiger partial charge in [-0.3, -0.25) is 4.84 Å². The molecule has 0 aromatic heterocycles. The number of epoxide rings is 1. The van der Waals surface area contributed by atoms with Crippen LogP contribution in [0, 0.1) is 11.3 Å². The molecule has 38 heavy (non-hydrogen) atoms. The average molecular weight is 532 g/mol. The first-order chi connectivity index (χ1) is 18.2. The van der Waals surface area contributed by atoms with Gasteiger partial charge in [0, 0.05) is 23.3 Å². The number of nitrogens with zero attached hydrogens (tertiary/aromatic N) is 1. The van der Waals surface area contributed by atoms with E-state index < -0.39 is 5.79 Å². The van der Waals surface area contributed by atoms with Crippen LogP contribution in [0.3, 0.4) is 0 Å². The highest BCUT2D eigenvalue weighted by Crippen LogP contribution is 2.55. The van der Waals surface area contributed by atoms with Gasteiger partial charge in [-0.05, 0) is 63.6 Å². The molecule has 0 radical (unpaired) electrons. The van der Waals surface area contributed by atoms with Crippen molar-refractivity contribution in [2.45, 2.75) is 123 Å². The van der Waals surface area contributed by atoms with E-state index in [1.807, 2.05) is 12.1 Å². The Morgan fingerprint density at radius 1 is 0.974 bits per heavy atom. The SMILES string of the molecule is CCCCC1(CC)COC2(CC(C)(CC)N(OCCc3ccc(OCC4CO4)cc3)C(C)(CC)C2C)OC1. The summed E-state index contributed by atoms with van der Waals surface area (Å²) in [5.41, 5.74) is 1.00. The third kappa shape index (κ3) is 6.10. The molecule has 0 amide bonds. The molecule has 0 saturated carbocycles. The molecule has 3 heterocycles. The van der Waals surface area contributed by atoms with E-state index >= 15 is 0 Å². The van der Waals surface area contributed by atoms with Crippen LogP contribution in [-0.2, 0) is 25.5 Å². The quantitative estimate of drug-likeness (QED) is 0.257. The van der Waals surface area contributed by atoms with Crippen molar-refractivity contribution in [2.24, 2.45) is 11.3 Å². The highest BCUT2D eigenvalue weighted by atomic mass is 16.7. The molecule has 6 heteroatoms. The van der Waals surface area contributed by atoms with E-state index in [2.05, 4.69) is 65.7 Å². The van der Waals surface area contributed by atoms with Crippen LogP contribution in [0.5, 0.6) is 5.75 Å². The Morgan fingerprint density at radius 3 is 2.21 bits per heavy atom. The molecule has 3 saturated heterocycles. The van der Waals surface area contributed by atoms with Crippen LogP contribution in [0.2, 0.25) is 0 Å². The van der Waals surface area contributed by atoms with Gasteiger partial charge in [0.25, 0.3) is 0 Å². The monoisotopic (exact) mass is 531 g/mol.